The fraction of sp³-hybridized carbons (Fsp3) is 0.438. The Bertz CT molecular complexity index is 718. The maximum Gasteiger partial charge on any atom is 0.273 e. The van der Waals surface area contributed by atoms with Crippen molar-refractivity contribution in [2.45, 2.75) is 20.0 Å². The molecule has 1 aromatic heterocycles. The zero-order valence-electron chi connectivity index (χ0n) is 13.7. The molecule has 3 rings (SSSR count). The highest BCUT2D eigenvalue weighted by molar-refractivity contribution is 5.93. The zero-order chi connectivity index (χ0) is 16.4. The first-order valence-corrected chi connectivity index (χ1v) is 7.72. The third kappa shape index (κ3) is 3.75. The molecule has 0 bridgehead atoms. The lowest BCUT2D eigenvalue weighted by Gasteiger charge is -2.13. The lowest BCUT2D eigenvalue weighted by atomic mass is 10.1. The SMILES string of the molecule is Cc1cccc(-n2nnc(C(=O)NCC3CNCC3O)c2C)c1.Cl. The largest absolute Gasteiger partial charge is 0.391 e. The number of β-amino-alcohol motifs (C(OH)–C–C–N with tert-alkyl or cyclic N) is 1. The number of hydrogen-bond acceptors (Lipinski definition) is 5. The minimum atomic E-state index is -0.417. The molecule has 2 atom stereocenters. The summed E-state index contributed by atoms with van der Waals surface area (Å²) in [4.78, 5) is 12.3. The maximum atomic E-state index is 12.3. The Morgan fingerprint density at radius 1 is 1.42 bits per heavy atom. The average molecular weight is 352 g/mol. The van der Waals surface area contributed by atoms with Gasteiger partial charge in [0.15, 0.2) is 5.69 Å². The Labute approximate surface area is 146 Å². The number of nitrogens with one attached hydrogen (secondary N) is 2. The number of carbonyl (C=O) groups excluding carboxylic acids is 1. The van der Waals surface area contributed by atoms with E-state index in [0.717, 1.165) is 11.3 Å². The number of rotatable bonds is 4. The van der Waals surface area contributed by atoms with Crippen molar-refractivity contribution in [1.82, 2.24) is 25.6 Å². The highest BCUT2D eigenvalue weighted by atomic mass is 35.5. The van der Waals surface area contributed by atoms with Crippen LogP contribution in [0.1, 0.15) is 21.7 Å². The number of hydrogen-bond donors (Lipinski definition) is 3. The second kappa shape index (κ2) is 7.74. The number of amides is 1. The molecular weight excluding hydrogens is 330 g/mol. The van der Waals surface area contributed by atoms with Gasteiger partial charge in [-0.1, -0.05) is 17.3 Å². The number of halogens is 1. The molecule has 2 heterocycles. The van der Waals surface area contributed by atoms with E-state index in [1.54, 1.807) is 4.68 Å². The van der Waals surface area contributed by atoms with Crippen LogP contribution in [0, 0.1) is 19.8 Å². The van der Waals surface area contributed by atoms with Gasteiger partial charge in [0.2, 0.25) is 0 Å². The highest BCUT2D eigenvalue weighted by Crippen LogP contribution is 2.14. The van der Waals surface area contributed by atoms with Crippen molar-refractivity contribution in [3.05, 3.63) is 41.2 Å². The fourth-order valence-electron chi connectivity index (χ4n) is 2.78. The summed E-state index contributed by atoms with van der Waals surface area (Å²) >= 11 is 0. The third-order valence-corrected chi connectivity index (χ3v) is 4.18. The summed E-state index contributed by atoms with van der Waals surface area (Å²) in [5.41, 5.74) is 3.00. The molecule has 8 heteroatoms. The Balaban J connectivity index is 0.00000208. The number of carbonyl (C=O) groups is 1. The predicted octanol–water partition coefficient (Wildman–Crippen LogP) is 0.616. The molecule has 0 aliphatic carbocycles. The molecule has 0 radical (unpaired) electrons. The number of aryl methyl sites for hydroxylation is 1. The van der Waals surface area contributed by atoms with Gasteiger partial charge in [-0.05, 0) is 31.5 Å². The van der Waals surface area contributed by atoms with Crippen LogP contribution in [0.5, 0.6) is 0 Å². The Morgan fingerprint density at radius 2 is 2.21 bits per heavy atom. The molecule has 2 unspecified atom stereocenters. The van der Waals surface area contributed by atoms with Gasteiger partial charge in [-0.25, -0.2) is 4.68 Å². The predicted molar refractivity (Wildman–Crippen MR) is 92.8 cm³/mol. The molecular formula is C16H22ClN5O2. The lowest BCUT2D eigenvalue weighted by Crippen LogP contribution is -2.34. The second-order valence-corrected chi connectivity index (χ2v) is 5.97. The Kier molecular flexibility index (Phi) is 5.93. The van der Waals surface area contributed by atoms with Gasteiger partial charge >= 0.3 is 0 Å². The van der Waals surface area contributed by atoms with E-state index in [-0.39, 0.29) is 24.2 Å². The van der Waals surface area contributed by atoms with Gasteiger partial charge < -0.3 is 15.7 Å². The van der Waals surface area contributed by atoms with Crippen molar-refractivity contribution in [3.8, 4) is 5.69 Å². The first kappa shape index (κ1) is 18.4. The fourth-order valence-corrected chi connectivity index (χ4v) is 2.78. The van der Waals surface area contributed by atoms with Crippen molar-refractivity contribution in [1.29, 1.82) is 0 Å². The molecule has 0 spiro atoms. The quantitative estimate of drug-likeness (QED) is 0.751. The van der Waals surface area contributed by atoms with Crippen molar-refractivity contribution in [2.75, 3.05) is 19.6 Å². The minimum absolute atomic E-state index is 0. The molecule has 1 saturated heterocycles. The van der Waals surface area contributed by atoms with Crippen LogP contribution in [0.3, 0.4) is 0 Å². The van der Waals surface area contributed by atoms with Gasteiger partial charge in [-0.3, -0.25) is 4.79 Å². The summed E-state index contributed by atoms with van der Waals surface area (Å²) in [7, 11) is 0. The molecule has 1 amide bonds. The molecule has 1 fully saturated rings. The van der Waals surface area contributed by atoms with Crippen LogP contribution >= 0.6 is 12.4 Å². The van der Waals surface area contributed by atoms with Crippen molar-refractivity contribution in [3.63, 3.8) is 0 Å². The molecule has 1 aliphatic rings. The highest BCUT2D eigenvalue weighted by Gasteiger charge is 2.26. The summed E-state index contributed by atoms with van der Waals surface area (Å²) in [5.74, 6) is -0.230. The van der Waals surface area contributed by atoms with E-state index in [1.807, 2.05) is 38.1 Å². The summed E-state index contributed by atoms with van der Waals surface area (Å²) in [5, 5.41) is 23.8. The van der Waals surface area contributed by atoms with Crippen LogP contribution in [-0.4, -0.2) is 51.7 Å². The summed E-state index contributed by atoms with van der Waals surface area (Å²) in [6.07, 6.45) is -0.417. The number of aliphatic hydroxyl groups excluding tert-OH is 1. The van der Waals surface area contributed by atoms with E-state index in [0.29, 0.717) is 31.0 Å². The van der Waals surface area contributed by atoms with Crippen LogP contribution in [0.25, 0.3) is 5.69 Å². The Hall–Kier alpha value is -1.96. The van der Waals surface area contributed by atoms with Gasteiger partial charge in [0, 0.05) is 25.6 Å². The normalized spacial score (nSPS) is 19.8. The average Bonchev–Trinajstić information content (AvgIpc) is 3.11. The minimum Gasteiger partial charge on any atom is -0.391 e. The standard InChI is InChI=1S/C16H21N5O2.ClH/c1-10-4-3-5-13(6-10)21-11(2)15(19-20-21)16(23)18-8-12-7-17-9-14(12)22;/h3-6,12,14,17,22H,7-9H2,1-2H3,(H,18,23);1H. The number of nitrogens with zero attached hydrogens (tertiary/aromatic N) is 3. The van der Waals surface area contributed by atoms with Crippen molar-refractivity contribution >= 4 is 18.3 Å². The third-order valence-electron chi connectivity index (χ3n) is 4.18. The Morgan fingerprint density at radius 3 is 2.88 bits per heavy atom. The maximum absolute atomic E-state index is 12.3. The van der Waals surface area contributed by atoms with Gasteiger partial charge in [-0.2, -0.15) is 0 Å². The first-order chi connectivity index (χ1) is 11.1. The van der Waals surface area contributed by atoms with Gasteiger partial charge in [0.1, 0.15) is 0 Å². The van der Waals surface area contributed by atoms with Gasteiger partial charge in [0.05, 0.1) is 17.5 Å². The van der Waals surface area contributed by atoms with Crippen molar-refractivity contribution in [2.24, 2.45) is 5.92 Å². The van der Waals surface area contributed by atoms with Gasteiger partial charge in [-0.15, -0.1) is 17.5 Å². The number of benzene rings is 1. The summed E-state index contributed by atoms with van der Waals surface area (Å²) < 4.78 is 1.66. The molecule has 3 N–H and O–H groups in total. The van der Waals surface area contributed by atoms with Crippen LogP contribution in [0.4, 0.5) is 0 Å². The first-order valence-electron chi connectivity index (χ1n) is 7.72. The molecule has 2 aromatic rings. The molecule has 24 heavy (non-hydrogen) atoms. The smallest absolute Gasteiger partial charge is 0.273 e. The van der Waals surface area contributed by atoms with Crippen LogP contribution < -0.4 is 10.6 Å². The van der Waals surface area contributed by atoms with Crippen LogP contribution in [0.15, 0.2) is 24.3 Å². The molecule has 1 aromatic carbocycles. The molecule has 130 valence electrons. The monoisotopic (exact) mass is 351 g/mol. The number of aliphatic hydroxyl groups is 1. The second-order valence-electron chi connectivity index (χ2n) is 5.97. The van der Waals surface area contributed by atoms with E-state index < -0.39 is 6.10 Å². The zero-order valence-corrected chi connectivity index (χ0v) is 14.5. The van der Waals surface area contributed by atoms with Gasteiger partial charge in [0.25, 0.3) is 5.91 Å². The topological polar surface area (TPSA) is 92.1 Å². The summed E-state index contributed by atoms with van der Waals surface area (Å²) in [6, 6.07) is 7.87. The van der Waals surface area contributed by atoms with Crippen molar-refractivity contribution < 1.29 is 9.90 Å². The van der Waals surface area contributed by atoms with E-state index in [1.165, 1.54) is 0 Å². The van der Waals surface area contributed by atoms with Crippen LogP contribution in [0.2, 0.25) is 0 Å². The summed E-state index contributed by atoms with van der Waals surface area (Å²) in [6.45, 7) is 5.52. The molecule has 0 saturated carbocycles. The van der Waals surface area contributed by atoms with Crippen LogP contribution in [-0.2, 0) is 0 Å². The lowest BCUT2D eigenvalue weighted by molar-refractivity contribution is 0.0921. The number of aromatic nitrogens is 3. The van der Waals surface area contributed by atoms with E-state index in [4.69, 9.17) is 0 Å². The van der Waals surface area contributed by atoms with E-state index in [9.17, 15) is 9.90 Å². The molecule has 7 nitrogen and oxygen atoms in total. The van der Waals surface area contributed by atoms with E-state index in [2.05, 4.69) is 20.9 Å². The molecule has 1 aliphatic heterocycles. The van der Waals surface area contributed by atoms with E-state index >= 15 is 0 Å².